The molecule has 0 aromatic heterocycles. The summed E-state index contributed by atoms with van der Waals surface area (Å²) in [6.45, 7) is 12.3. The molecule has 6 saturated carbocycles. The fourth-order valence-corrected chi connectivity index (χ4v) is 13.5. The van der Waals surface area contributed by atoms with E-state index in [-0.39, 0.29) is 6.10 Å². The number of fused-ring (bicyclic) bond motifs is 2. The molecule has 0 amide bonds. The number of aliphatic hydroxyl groups is 2. The molecule has 0 aromatic carbocycles. The first-order valence-corrected chi connectivity index (χ1v) is 25.9. The van der Waals surface area contributed by atoms with Gasteiger partial charge in [-0.2, -0.15) is 0 Å². The molecule has 61 heavy (non-hydrogen) atoms. The zero-order chi connectivity index (χ0) is 43.7. The fraction of sp³-hybridized carbons (Fsp3) is 0.868. The molecule has 352 valence electrons. The molecule has 8 heteroatoms. The fourth-order valence-electron chi connectivity index (χ4n) is 13.5. The van der Waals surface area contributed by atoms with Crippen LogP contribution < -0.4 is 0 Å². The van der Waals surface area contributed by atoms with Crippen LogP contribution in [0.15, 0.2) is 38.2 Å². The molecule has 7 nitrogen and oxygen atoms in total. The van der Waals surface area contributed by atoms with Crippen molar-refractivity contribution in [3.8, 4) is 0 Å². The van der Waals surface area contributed by atoms with Gasteiger partial charge in [0.15, 0.2) is 6.79 Å². The summed E-state index contributed by atoms with van der Waals surface area (Å²) in [4.78, 5) is 13.9. The van der Waals surface area contributed by atoms with Crippen LogP contribution in [0.1, 0.15) is 186 Å². The van der Waals surface area contributed by atoms with Crippen molar-refractivity contribution in [1.82, 2.24) is 0 Å². The maximum absolute atomic E-state index is 9.46. The second kappa shape index (κ2) is 30.8. The lowest BCUT2D eigenvalue weighted by molar-refractivity contribution is -0.267. The Labute approximate surface area is 378 Å². The van der Waals surface area contributed by atoms with Gasteiger partial charge in [-0.25, -0.2) is 4.89 Å². The van der Waals surface area contributed by atoms with Crippen LogP contribution in [0.25, 0.3) is 0 Å². The molecule has 6 fully saturated rings. The number of rotatable bonds is 22. The van der Waals surface area contributed by atoms with Gasteiger partial charge in [0.25, 0.3) is 0 Å². The predicted octanol–water partition coefficient (Wildman–Crippen LogP) is 13.9. The highest BCUT2D eigenvalue weighted by Gasteiger charge is 2.40. The highest BCUT2D eigenvalue weighted by atomic mass is 35.5. The van der Waals surface area contributed by atoms with Gasteiger partial charge >= 0.3 is 0 Å². The Morgan fingerprint density at radius 1 is 0.557 bits per heavy atom. The number of allylic oxidation sites excluding steroid dienone is 1. The number of carbonyl (C=O) groups excluding carboxylic acids is 1. The minimum atomic E-state index is -0.509. The van der Waals surface area contributed by atoms with Crippen LogP contribution in [0.4, 0.5) is 0 Å². The molecule has 0 bridgehead atoms. The topological polar surface area (TPSA) is 105 Å². The third kappa shape index (κ3) is 19.4. The molecular formula is C53H91ClO7. The maximum atomic E-state index is 9.46. The van der Waals surface area contributed by atoms with Gasteiger partial charge in [0, 0.05) is 13.2 Å². The Hall–Kier alpha value is -1.22. The third-order valence-corrected chi connectivity index (χ3v) is 17.2. The SMILES string of the molecule is C=CC(=O)Cl.C=COCOCCCC1CCC(C2CCC3CC(CCCC(C=C)OO)CCC3C2)CC1.OCCCC1CCC(C2CCC3CC(CCCO)CCC3C2)CC1. The first-order valence-electron chi connectivity index (χ1n) is 25.6. The van der Waals surface area contributed by atoms with Crippen molar-refractivity contribution >= 4 is 16.8 Å². The minimum absolute atomic E-state index is 0.192. The van der Waals surface area contributed by atoms with Crippen LogP contribution >= 0.6 is 11.6 Å². The highest BCUT2D eigenvalue weighted by molar-refractivity contribution is 6.66. The number of halogens is 1. The molecule has 0 aliphatic heterocycles. The predicted molar refractivity (Wildman–Crippen MR) is 251 cm³/mol. The summed E-state index contributed by atoms with van der Waals surface area (Å²) in [6, 6.07) is 0. The molecule has 6 aliphatic carbocycles. The van der Waals surface area contributed by atoms with E-state index in [1.807, 2.05) is 0 Å². The molecule has 9 atom stereocenters. The molecule has 0 radical (unpaired) electrons. The zero-order valence-corrected chi connectivity index (χ0v) is 39.3. The highest BCUT2D eigenvalue weighted by Crippen LogP contribution is 2.51. The van der Waals surface area contributed by atoms with Gasteiger partial charge in [0.1, 0.15) is 6.10 Å². The van der Waals surface area contributed by atoms with Crippen molar-refractivity contribution in [3.63, 3.8) is 0 Å². The Morgan fingerprint density at radius 2 is 0.934 bits per heavy atom. The van der Waals surface area contributed by atoms with Gasteiger partial charge in [0.05, 0.1) is 12.9 Å². The van der Waals surface area contributed by atoms with E-state index in [0.29, 0.717) is 20.0 Å². The Morgan fingerprint density at radius 3 is 1.36 bits per heavy atom. The van der Waals surface area contributed by atoms with Gasteiger partial charge in [0.2, 0.25) is 5.24 Å². The Bertz CT molecular complexity index is 1180. The van der Waals surface area contributed by atoms with E-state index in [1.54, 1.807) is 6.08 Å². The summed E-state index contributed by atoms with van der Waals surface area (Å²) in [7, 11) is 0. The van der Waals surface area contributed by atoms with E-state index < -0.39 is 5.24 Å². The van der Waals surface area contributed by atoms with Gasteiger partial charge in [-0.1, -0.05) is 70.6 Å². The summed E-state index contributed by atoms with van der Waals surface area (Å²) >= 11 is 4.71. The number of aliphatic hydroxyl groups excluding tert-OH is 2. The molecule has 0 aromatic rings. The van der Waals surface area contributed by atoms with E-state index in [2.05, 4.69) is 24.6 Å². The molecular weight excluding hydrogens is 784 g/mol. The van der Waals surface area contributed by atoms with Crippen LogP contribution in [0.2, 0.25) is 0 Å². The normalized spacial score (nSPS) is 34.1. The van der Waals surface area contributed by atoms with Crippen molar-refractivity contribution in [3.05, 3.63) is 38.2 Å². The second-order valence-electron chi connectivity index (χ2n) is 20.7. The average Bonchev–Trinajstić information content (AvgIpc) is 3.30. The number of hydrogen-bond acceptors (Lipinski definition) is 7. The van der Waals surface area contributed by atoms with Gasteiger partial charge < -0.3 is 19.7 Å². The summed E-state index contributed by atoms with van der Waals surface area (Å²) in [6.07, 6.45) is 43.6. The van der Waals surface area contributed by atoms with Crippen LogP contribution in [0, 0.1) is 71.0 Å². The molecule has 0 saturated heterocycles. The largest absolute Gasteiger partial charge is 0.476 e. The standard InChI is InChI=1S/C28H48O4.C22H40O2.C3H3ClO/c1-3-28(32-29)9-5-7-23-12-15-27-20-26(17-16-25(27)19-23)24-13-10-22(11-14-24)8-6-18-31-21-30-4-2;23-13-1-3-17-5-8-19(9-6-17)21-12-11-20-15-18(4-2-14-24)7-10-22(20)16-21;1-2-3(4)5/h3-4,22-29H,1-2,5-21H2;17-24H,1-16H2;2H,1H2. The summed E-state index contributed by atoms with van der Waals surface area (Å²) in [5, 5.41) is 26.4. The Balaban J connectivity index is 0.000000249. The van der Waals surface area contributed by atoms with E-state index in [4.69, 9.17) is 36.5 Å². The first kappa shape index (κ1) is 52.4. The Kier molecular flexibility index (Phi) is 26.5. The number of carbonyl (C=O) groups is 1. The lowest BCUT2D eigenvalue weighted by Gasteiger charge is -2.45. The molecule has 9 unspecified atom stereocenters. The van der Waals surface area contributed by atoms with E-state index in [1.165, 1.54) is 160 Å². The smallest absolute Gasteiger partial charge is 0.244 e. The second-order valence-corrected chi connectivity index (χ2v) is 21.0. The van der Waals surface area contributed by atoms with Crippen LogP contribution in [0.5, 0.6) is 0 Å². The maximum Gasteiger partial charge on any atom is 0.244 e. The lowest BCUT2D eigenvalue weighted by Crippen LogP contribution is -2.34. The van der Waals surface area contributed by atoms with E-state index in [9.17, 15) is 4.79 Å². The third-order valence-electron chi connectivity index (χ3n) is 17.0. The molecule has 6 aliphatic rings. The van der Waals surface area contributed by atoms with E-state index in [0.717, 1.165) is 116 Å². The lowest BCUT2D eigenvalue weighted by atomic mass is 9.60. The number of ether oxygens (including phenoxy) is 2. The average molecular weight is 876 g/mol. The zero-order valence-electron chi connectivity index (χ0n) is 38.5. The number of hydrogen-bond donors (Lipinski definition) is 3. The van der Waals surface area contributed by atoms with Gasteiger partial charge in [-0.05, 0) is 224 Å². The van der Waals surface area contributed by atoms with Crippen molar-refractivity contribution in [2.45, 2.75) is 192 Å². The quantitative estimate of drug-likeness (QED) is 0.0145. The summed E-state index contributed by atoms with van der Waals surface area (Å²) < 4.78 is 10.5. The van der Waals surface area contributed by atoms with Crippen molar-refractivity contribution in [2.75, 3.05) is 26.6 Å². The monoisotopic (exact) mass is 875 g/mol. The van der Waals surface area contributed by atoms with Crippen molar-refractivity contribution in [1.29, 1.82) is 0 Å². The van der Waals surface area contributed by atoms with Gasteiger partial charge in [-0.15, -0.1) is 6.58 Å². The van der Waals surface area contributed by atoms with Crippen molar-refractivity contribution < 1.29 is 34.6 Å². The van der Waals surface area contributed by atoms with Crippen LogP contribution in [0.3, 0.4) is 0 Å². The van der Waals surface area contributed by atoms with Crippen LogP contribution in [-0.4, -0.2) is 53.4 Å². The molecule has 0 heterocycles. The molecule has 6 rings (SSSR count). The van der Waals surface area contributed by atoms with Gasteiger partial charge in [-0.3, -0.25) is 10.1 Å². The summed E-state index contributed by atoms with van der Waals surface area (Å²) in [5.74, 6) is 11.7. The van der Waals surface area contributed by atoms with Crippen LogP contribution in [-0.2, 0) is 19.2 Å². The first-order chi connectivity index (χ1) is 29.8. The van der Waals surface area contributed by atoms with E-state index >= 15 is 0 Å². The molecule has 0 spiro atoms. The molecule has 3 N–H and O–H groups in total. The van der Waals surface area contributed by atoms with Crippen molar-refractivity contribution in [2.24, 2.45) is 71.0 Å². The minimum Gasteiger partial charge on any atom is -0.476 e. The summed E-state index contributed by atoms with van der Waals surface area (Å²) in [5.41, 5.74) is 0.